The van der Waals surface area contributed by atoms with Crippen LogP contribution < -0.4 is 11.2 Å². The molecule has 3 atom stereocenters. The van der Waals surface area contributed by atoms with Crippen LogP contribution in [0.2, 0.25) is 0 Å². The van der Waals surface area contributed by atoms with Crippen LogP contribution >= 0.6 is 0 Å². The van der Waals surface area contributed by atoms with Crippen LogP contribution in [-0.2, 0) is 11.2 Å². The molecule has 6 heteroatoms. The van der Waals surface area contributed by atoms with Gasteiger partial charge in [0.2, 0.25) is 5.91 Å². The second kappa shape index (κ2) is 8.76. The van der Waals surface area contributed by atoms with Crippen LogP contribution in [-0.4, -0.2) is 39.1 Å². The third-order valence-corrected chi connectivity index (χ3v) is 5.50. The standard InChI is InChI=1S/C19H30N2O4/c1-13-7-9-19(24,10-8-13)15(18(23)21-25)12-17(22)16(20)11-14-5-3-2-4-6-14/h2-6,13,15-17,22,24-25H,7-12,20H2,1H3,(H,21,23)/t13?,15-,16+,17+,19?/m1/s1. The average Bonchev–Trinajstić information content (AvgIpc) is 2.62. The molecule has 1 aromatic rings. The van der Waals surface area contributed by atoms with Crippen LogP contribution in [0, 0.1) is 11.8 Å². The smallest absolute Gasteiger partial charge is 0.249 e. The molecule has 1 aromatic carbocycles. The van der Waals surface area contributed by atoms with Crippen molar-refractivity contribution in [1.82, 2.24) is 5.48 Å². The molecule has 25 heavy (non-hydrogen) atoms. The first kappa shape index (κ1) is 19.8. The van der Waals surface area contributed by atoms with Crippen molar-refractivity contribution in [3.63, 3.8) is 0 Å². The molecule has 0 aliphatic heterocycles. The largest absolute Gasteiger partial charge is 0.391 e. The Morgan fingerprint density at radius 1 is 1.32 bits per heavy atom. The number of nitrogens with one attached hydrogen (secondary N) is 1. The zero-order chi connectivity index (χ0) is 18.4. The Kier molecular flexibility index (Phi) is 6.95. The Labute approximate surface area is 149 Å². The lowest BCUT2D eigenvalue weighted by atomic mass is 9.70. The van der Waals surface area contributed by atoms with Crippen molar-refractivity contribution in [3.05, 3.63) is 35.9 Å². The third-order valence-electron chi connectivity index (χ3n) is 5.50. The molecule has 0 aromatic heterocycles. The highest BCUT2D eigenvalue weighted by molar-refractivity contribution is 5.78. The van der Waals surface area contributed by atoms with E-state index in [-0.39, 0.29) is 6.42 Å². The van der Waals surface area contributed by atoms with Gasteiger partial charge in [0.25, 0.3) is 0 Å². The zero-order valence-electron chi connectivity index (χ0n) is 14.8. The van der Waals surface area contributed by atoms with Crippen LogP contribution in [0.25, 0.3) is 0 Å². The van der Waals surface area contributed by atoms with Crippen LogP contribution in [0.1, 0.15) is 44.6 Å². The SMILES string of the molecule is CC1CCC(O)([C@H](C[C@H](O)[C@@H](N)Cc2ccccc2)C(=O)NO)CC1. The summed E-state index contributed by atoms with van der Waals surface area (Å²) in [6.07, 6.45) is 2.14. The van der Waals surface area contributed by atoms with E-state index >= 15 is 0 Å². The van der Waals surface area contributed by atoms with Crippen molar-refractivity contribution in [2.24, 2.45) is 17.6 Å². The Balaban J connectivity index is 2.04. The molecule has 0 unspecified atom stereocenters. The number of hydrogen-bond donors (Lipinski definition) is 5. The van der Waals surface area contributed by atoms with Crippen molar-refractivity contribution in [2.75, 3.05) is 0 Å². The number of benzene rings is 1. The molecule has 1 aliphatic carbocycles. The van der Waals surface area contributed by atoms with E-state index in [1.807, 2.05) is 30.3 Å². The van der Waals surface area contributed by atoms with E-state index in [2.05, 4.69) is 6.92 Å². The zero-order valence-corrected chi connectivity index (χ0v) is 14.8. The lowest BCUT2D eigenvalue weighted by molar-refractivity contribution is -0.150. The predicted molar refractivity (Wildman–Crippen MR) is 94.7 cm³/mol. The number of amides is 1. The Morgan fingerprint density at radius 3 is 2.48 bits per heavy atom. The van der Waals surface area contributed by atoms with Crippen molar-refractivity contribution in [3.8, 4) is 0 Å². The molecule has 140 valence electrons. The van der Waals surface area contributed by atoms with Gasteiger partial charge in [0.1, 0.15) is 0 Å². The van der Waals surface area contributed by atoms with Crippen molar-refractivity contribution in [1.29, 1.82) is 0 Å². The first-order valence-electron chi connectivity index (χ1n) is 8.99. The maximum Gasteiger partial charge on any atom is 0.249 e. The van der Waals surface area contributed by atoms with Gasteiger partial charge in [-0.3, -0.25) is 10.0 Å². The Bertz CT molecular complexity index is 544. The highest BCUT2D eigenvalue weighted by Gasteiger charge is 2.44. The van der Waals surface area contributed by atoms with E-state index in [4.69, 9.17) is 10.9 Å². The van der Waals surface area contributed by atoms with Gasteiger partial charge in [-0.1, -0.05) is 37.3 Å². The molecular weight excluding hydrogens is 320 g/mol. The van der Waals surface area contributed by atoms with Gasteiger partial charge < -0.3 is 15.9 Å². The summed E-state index contributed by atoms with van der Waals surface area (Å²) >= 11 is 0. The maximum absolute atomic E-state index is 12.1. The van der Waals surface area contributed by atoms with E-state index < -0.39 is 29.6 Å². The molecule has 6 nitrogen and oxygen atoms in total. The minimum absolute atomic E-state index is 0.0191. The van der Waals surface area contributed by atoms with E-state index in [1.165, 1.54) is 0 Å². The number of rotatable bonds is 7. The molecule has 0 saturated heterocycles. The molecule has 2 rings (SSSR count). The van der Waals surface area contributed by atoms with Gasteiger partial charge >= 0.3 is 0 Å². The fourth-order valence-corrected chi connectivity index (χ4v) is 3.70. The van der Waals surface area contributed by atoms with Gasteiger partial charge in [0.15, 0.2) is 0 Å². The minimum Gasteiger partial charge on any atom is -0.391 e. The first-order valence-corrected chi connectivity index (χ1v) is 8.99. The maximum atomic E-state index is 12.1. The summed E-state index contributed by atoms with van der Waals surface area (Å²) in [5.41, 5.74) is 7.54. The molecule has 1 amide bonds. The summed E-state index contributed by atoms with van der Waals surface area (Å²) in [4.78, 5) is 12.1. The van der Waals surface area contributed by atoms with E-state index in [0.29, 0.717) is 25.2 Å². The molecule has 0 heterocycles. The van der Waals surface area contributed by atoms with E-state index in [0.717, 1.165) is 18.4 Å². The van der Waals surface area contributed by atoms with Crippen molar-refractivity contribution < 1.29 is 20.2 Å². The monoisotopic (exact) mass is 350 g/mol. The minimum atomic E-state index is -1.22. The number of aliphatic hydroxyl groups excluding tert-OH is 1. The predicted octanol–water partition coefficient (Wildman–Crippen LogP) is 1.37. The highest BCUT2D eigenvalue weighted by atomic mass is 16.5. The van der Waals surface area contributed by atoms with Gasteiger partial charge in [-0.05, 0) is 50.0 Å². The molecule has 6 N–H and O–H groups in total. The van der Waals surface area contributed by atoms with E-state index in [9.17, 15) is 15.0 Å². The number of carbonyl (C=O) groups excluding carboxylic acids is 1. The van der Waals surface area contributed by atoms with Crippen molar-refractivity contribution >= 4 is 5.91 Å². The number of hydrogen-bond acceptors (Lipinski definition) is 5. The molecule has 1 saturated carbocycles. The second-order valence-electron chi connectivity index (χ2n) is 7.47. The molecule has 0 spiro atoms. The van der Waals surface area contributed by atoms with Crippen LogP contribution in [0.4, 0.5) is 0 Å². The Morgan fingerprint density at radius 2 is 1.92 bits per heavy atom. The third kappa shape index (κ3) is 5.25. The van der Waals surface area contributed by atoms with Crippen LogP contribution in [0.15, 0.2) is 30.3 Å². The van der Waals surface area contributed by atoms with Gasteiger partial charge in [-0.15, -0.1) is 0 Å². The number of nitrogens with two attached hydrogens (primary N) is 1. The fraction of sp³-hybridized carbons (Fsp3) is 0.632. The second-order valence-corrected chi connectivity index (χ2v) is 7.47. The summed E-state index contributed by atoms with van der Waals surface area (Å²) in [5, 5.41) is 30.5. The normalized spacial score (nSPS) is 27.3. The van der Waals surface area contributed by atoms with Crippen molar-refractivity contribution in [2.45, 2.75) is 63.2 Å². The topological polar surface area (TPSA) is 116 Å². The van der Waals surface area contributed by atoms with Gasteiger partial charge in [0, 0.05) is 6.04 Å². The Hall–Kier alpha value is -1.47. The summed E-state index contributed by atoms with van der Waals surface area (Å²) in [6.45, 7) is 2.12. The fourth-order valence-electron chi connectivity index (χ4n) is 3.70. The number of aliphatic hydroxyl groups is 2. The summed E-state index contributed by atoms with van der Waals surface area (Å²) in [6, 6.07) is 9.03. The molecule has 0 bridgehead atoms. The van der Waals surface area contributed by atoms with Crippen LogP contribution in [0.3, 0.4) is 0 Å². The first-order chi connectivity index (χ1) is 11.9. The summed E-state index contributed by atoms with van der Waals surface area (Å²) < 4.78 is 0. The molecule has 1 aliphatic rings. The van der Waals surface area contributed by atoms with Crippen LogP contribution in [0.5, 0.6) is 0 Å². The van der Waals surface area contributed by atoms with Gasteiger partial charge in [-0.2, -0.15) is 0 Å². The lowest BCUT2D eigenvalue weighted by Crippen LogP contribution is -2.51. The molecule has 1 fully saturated rings. The van der Waals surface area contributed by atoms with Gasteiger partial charge in [-0.25, -0.2) is 5.48 Å². The highest BCUT2D eigenvalue weighted by Crippen LogP contribution is 2.39. The molecular formula is C19H30N2O4. The number of hydroxylamine groups is 1. The summed E-state index contributed by atoms with van der Waals surface area (Å²) in [5.74, 6) is -1.05. The molecule has 0 radical (unpaired) electrons. The van der Waals surface area contributed by atoms with E-state index in [1.54, 1.807) is 5.48 Å². The number of carbonyl (C=O) groups is 1. The average molecular weight is 350 g/mol. The quantitative estimate of drug-likeness (QED) is 0.376. The summed E-state index contributed by atoms with van der Waals surface area (Å²) in [7, 11) is 0. The lowest BCUT2D eigenvalue weighted by Gasteiger charge is -2.41. The van der Waals surface area contributed by atoms with Gasteiger partial charge in [0.05, 0.1) is 17.6 Å².